The molecule has 2 aromatic rings. The number of anilines is 2. The molecule has 0 radical (unpaired) electrons. The fraction of sp³-hybridized carbons (Fsp3) is 0.333. The van der Waals surface area contributed by atoms with Crippen molar-refractivity contribution in [3.63, 3.8) is 0 Å². The molecule has 1 N–H and O–H groups in total. The third-order valence-electron chi connectivity index (χ3n) is 4.67. The van der Waals surface area contributed by atoms with E-state index in [0.29, 0.717) is 18.7 Å². The van der Waals surface area contributed by atoms with E-state index in [9.17, 15) is 9.59 Å². The van der Waals surface area contributed by atoms with Crippen LogP contribution in [0.5, 0.6) is 5.75 Å². The summed E-state index contributed by atoms with van der Waals surface area (Å²) in [5.41, 5.74) is 4.64. The van der Waals surface area contributed by atoms with E-state index in [1.54, 1.807) is 11.0 Å². The maximum Gasteiger partial charge on any atom is 0.262 e. The molecule has 2 aromatic carbocycles. The van der Waals surface area contributed by atoms with Crippen LogP contribution in [0.3, 0.4) is 0 Å². The molecule has 136 valence electrons. The molecular formula is C21H24N2O3. The second kappa shape index (κ2) is 7.60. The van der Waals surface area contributed by atoms with E-state index in [2.05, 4.69) is 11.4 Å². The summed E-state index contributed by atoms with van der Waals surface area (Å²) in [6, 6.07) is 11.4. The van der Waals surface area contributed by atoms with Crippen molar-refractivity contribution >= 4 is 23.2 Å². The highest BCUT2D eigenvalue weighted by Gasteiger charge is 2.24. The highest BCUT2D eigenvalue weighted by atomic mass is 16.5. The minimum absolute atomic E-state index is 0.0774. The number of carbonyl (C=O) groups is 2. The van der Waals surface area contributed by atoms with Gasteiger partial charge in [-0.2, -0.15) is 0 Å². The van der Waals surface area contributed by atoms with Gasteiger partial charge in [0.15, 0.2) is 6.61 Å². The molecule has 0 saturated carbocycles. The fourth-order valence-electron chi connectivity index (χ4n) is 3.20. The molecule has 1 aliphatic rings. The Hall–Kier alpha value is -2.82. The number of ether oxygens (including phenoxy) is 1. The molecule has 0 spiro atoms. The smallest absolute Gasteiger partial charge is 0.262 e. The molecule has 1 fully saturated rings. The van der Waals surface area contributed by atoms with Crippen LogP contribution in [0.2, 0.25) is 0 Å². The highest BCUT2D eigenvalue weighted by molar-refractivity contribution is 6.02. The summed E-state index contributed by atoms with van der Waals surface area (Å²) >= 11 is 0. The van der Waals surface area contributed by atoms with Gasteiger partial charge >= 0.3 is 0 Å². The normalized spacial score (nSPS) is 13.8. The molecule has 1 saturated heterocycles. The van der Waals surface area contributed by atoms with Gasteiger partial charge in [-0.05, 0) is 62.1 Å². The topological polar surface area (TPSA) is 58.6 Å². The SMILES string of the molecule is Cc1cc(C)c(C)c(OCC(=O)Nc2ccccc2N2CCCC2=O)c1. The highest BCUT2D eigenvalue weighted by Crippen LogP contribution is 2.29. The van der Waals surface area contributed by atoms with Crippen LogP contribution in [0, 0.1) is 20.8 Å². The molecule has 0 aliphatic carbocycles. The van der Waals surface area contributed by atoms with Crippen molar-refractivity contribution in [3.05, 3.63) is 53.1 Å². The quantitative estimate of drug-likeness (QED) is 0.891. The lowest BCUT2D eigenvalue weighted by atomic mass is 10.1. The van der Waals surface area contributed by atoms with Crippen LogP contribution < -0.4 is 15.0 Å². The number of benzene rings is 2. The van der Waals surface area contributed by atoms with Gasteiger partial charge in [-0.25, -0.2) is 0 Å². The van der Waals surface area contributed by atoms with E-state index < -0.39 is 0 Å². The summed E-state index contributed by atoms with van der Waals surface area (Å²) < 4.78 is 5.73. The van der Waals surface area contributed by atoms with E-state index in [1.807, 2.05) is 45.0 Å². The molecule has 5 nitrogen and oxygen atoms in total. The van der Waals surface area contributed by atoms with Crippen molar-refractivity contribution in [2.24, 2.45) is 0 Å². The molecule has 3 rings (SSSR count). The summed E-state index contributed by atoms with van der Waals surface area (Å²) in [5.74, 6) is 0.567. The summed E-state index contributed by atoms with van der Waals surface area (Å²) in [6.45, 7) is 6.62. The zero-order chi connectivity index (χ0) is 18.7. The Kier molecular flexibility index (Phi) is 5.26. The zero-order valence-corrected chi connectivity index (χ0v) is 15.5. The van der Waals surface area contributed by atoms with Crippen molar-refractivity contribution in [1.29, 1.82) is 0 Å². The molecule has 2 amide bonds. The van der Waals surface area contributed by atoms with E-state index in [0.717, 1.165) is 34.5 Å². The van der Waals surface area contributed by atoms with Gasteiger partial charge in [-0.1, -0.05) is 18.2 Å². The van der Waals surface area contributed by atoms with Crippen LogP contribution in [0.4, 0.5) is 11.4 Å². The average molecular weight is 352 g/mol. The largest absolute Gasteiger partial charge is 0.483 e. The van der Waals surface area contributed by atoms with E-state index in [4.69, 9.17) is 4.74 Å². The van der Waals surface area contributed by atoms with Crippen LogP contribution in [-0.2, 0) is 9.59 Å². The second-order valence-electron chi connectivity index (χ2n) is 6.71. The number of para-hydroxylation sites is 2. The lowest BCUT2D eigenvalue weighted by molar-refractivity contribution is -0.118. The Morgan fingerprint density at radius 3 is 2.69 bits per heavy atom. The fourth-order valence-corrected chi connectivity index (χ4v) is 3.20. The van der Waals surface area contributed by atoms with Gasteiger partial charge in [0.2, 0.25) is 5.91 Å². The maximum absolute atomic E-state index is 12.4. The zero-order valence-electron chi connectivity index (χ0n) is 15.5. The lowest BCUT2D eigenvalue weighted by Crippen LogP contribution is -2.27. The first-order chi connectivity index (χ1) is 12.5. The van der Waals surface area contributed by atoms with Crippen LogP contribution in [0.1, 0.15) is 29.5 Å². The molecule has 26 heavy (non-hydrogen) atoms. The molecule has 0 aromatic heterocycles. The molecular weight excluding hydrogens is 328 g/mol. The number of amides is 2. The first kappa shape index (κ1) is 18.0. The van der Waals surface area contributed by atoms with Crippen LogP contribution in [-0.4, -0.2) is 25.0 Å². The minimum Gasteiger partial charge on any atom is -0.483 e. The van der Waals surface area contributed by atoms with Gasteiger partial charge in [-0.3, -0.25) is 9.59 Å². The van der Waals surface area contributed by atoms with Gasteiger partial charge < -0.3 is 15.0 Å². The van der Waals surface area contributed by atoms with Gasteiger partial charge in [-0.15, -0.1) is 0 Å². The molecule has 0 atom stereocenters. The summed E-state index contributed by atoms with van der Waals surface area (Å²) in [4.78, 5) is 26.1. The van der Waals surface area contributed by atoms with Crippen molar-refractivity contribution in [2.45, 2.75) is 33.6 Å². The van der Waals surface area contributed by atoms with E-state index in [1.165, 1.54) is 0 Å². The first-order valence-electron chi connectivity index (χ1n) is 8.85. The Bertz CT molecular complexity index is 845. The van der Waals surface area contributed by atoms with Crippen LogP contribution in [0.25, 0.3) is 0 Å². The molecule has 1 aliphatic heterocycles. The molecule has 0 bridgehead atoms. The standard InChI is InChI=1S/C21H24N2O3/c1-14-11-15(2)16(3)19(12-14)26-13-20(24)22-17-7-4-5-8-18(17)23-10-6-9-21(23)25/h4-5,7-8,11-12H,6,9-10,13H2,1-3H3,(H,22,24). The Labute approximate surface area is 154 Å². The third-order valence-corrected chi connectivity index (χ3v) is 4.67. The summed E-state index contributed by atoms with van der Waals surface area (Å²) in [6.07, 6.45) is 1.40. The second-order valence-corrected chi connectivity index (χ2v) is 6.71. The third kappa shape index (κ3) is 3.87. The maximum atomic E-state index is 12.4. The number of nitrogens with one attached hydrogen (secondary N) is 1. The predicted octanol–water partition coefficient (Wildman–Crippen LogP) is 3.76. The molecule has 1 heterocycles. The van der Waals surface area contributed by atoms with Crippen LogP contribution in [0.15, 0.2) is 36.4 Å². The van der Waals surface area contributed by atoms with Gasteiger partial charge in [0.25, 0.3) is 5.91 Å². The molecule has 5 heteroatoms. The average Bonchev–Trinajstić information content (AvgIpc) is 3.03. The number of nitrogens with zero attached hydrogens (tertiary/aromatic N) is 1. The number of hydrogen-bond donors (Lipinski definition) is 1. The Morgan fingerprint density at radius 2 is 1.96 bits per heavy atom. The van der Waals surface area contributed by atoms with Gasteiger partial charge in [0.1, 0.15) is 5.75 Å². The number of rotatable bonds is 5. The van der Waals surface area contributed by atoms with Crippen molar-refractivity contribution in [3.8, 4) is 5.75 Å². The van der Waals surface area contributed by atoms with Crippen LogP contribution >= 0.6 is 0 Å². The monoisotopic (exact) mass is 352 g/mol. The summed E-state index contributed by atoms with van der Waals surface area (Å²) in [5, 5.41) is 2.87. The number of hydrogen-bond acceptors (Lipinski definition) is 3. The number of carbonyl (C=O) groups excluding carboxylic acids is 2. The van der Waals surface area contributed by atoms with Crippen molar-refractivity contribution in [2.75, 3.05) is 23.4 Å². The Balaban J connectivity index is 1.69. The minimum atomic E-state index is -0.248. The first-order valence-corrected chi connectivity index (χ1v) is 8.85. The van der Waals surface area contributed by atoms with Crippen molar-refractivity contribution in [1.82, 2.24) is 0 Å². The number of aryl methyl sites for hydroxylation is 2. The van der Waals surface area contributed by atoms with Crippen molar-refractivity contribution < 1.29 is 14.3 Å². The van der Waals surface area contributed by atoms with Gasteiger partial charge in [0, 0.05) is 13.0 Å². The van der Waals surface area contributed by atoms with E-state index in [-0.39, 0.29) is 18.4 Å². The van der Waals surface area contributed by atoms with Gasteiger partial charge in [0.05, 0.1) is 11.4 Å². The summed E-state index contributed by atoms with van der Waals surface area (Å²) in [7, 11) is 0. The predicted molar refractivity (Wildman–Crippen MR) is 103 cm³/mol. The Morgan fingerprint density at radius 1 is 1.19 bits per heavy atom. The molecule has 0 unspecified atom stereocenters. The lowest BCUT2D eigenvalue weighted by Gasteiger charge is -2.20. The van der Waals surface area contributed by atoms with E-state index >= 15 is 0 Å².